The van der Waals surface area contributed by atoms with Crippen molar-refractivity contribution in [3.8, 4) is 5.75 Å². The molecule has 0 bridgehead atoms. The molecule has 1 aliphatic heterocycles. The molecule has 1 aromatic carbocycles. The van der Waals surface area contributed by atoms with Crippen molar-refractivity contribution in [1.82, 2.24) is 4.90 Å². The van der Waals surface area contributed by atoms with Crippen LogP contribution in [0.4, 0.5) is 5.69 Å². The summed E-state index contributed by atoms with van der Waals surface area (Å²) in [6.07, 6.45) is 1.28. The van der Waals surface area contributed by atoms with Crippen LogP contribution in [0.1, 0.15) is 20.3 Å². The molecule has 0 aliphatic carbocycles. The van der Waals surface area contributed by atoms with Crippen molar-refractivity contribution >= 4 is 5.69 Å². The molecular formula is C14H22N2O. The van der Waals surface area contributed by atoms with E-state index in [-0.39, 0.29) is 0 Å². The first-order chi connectivity index (χ1) is 8.07. The molecule has 3 heteroatoms. The Hall–Kier alpha value is -1.22. The zero-order chi connectivity index (χ0) is 12.3. The Balaban J connectivity index is 1.76. The van der Waals surface area contributed by atoms with Gasteiger partial charge in [0.25, 0.3) is 0 Å². The number of benzene rings is 1. The molecule has 1 aromatic rings. The number of rotatable bonds is 4. The topological polar surface area (TPSA) is 38.5 Å². The molecule has 2 N–H and O–H groups in total. The van der Waals surface area contributed by atoms with Crippen LogP contribution in [0.2, 0.25) is 0 Å². The van der Waals surface area contributed by atoms with E-state index in [2.05, 4.69) is 18.7 Å². The average Bonchev–Trinajstić information content (AvgIpc) is 2.61. The lowest BCUT2D eigenvalue weighted by molar-refractivity contribution is 0.223. The Bertz CT molecular complexity index is 376. The Morgan fingerprint density at radius 3 is 2.76 bits per heavy atom. The Labute approximate surface area is 104 Å². The Morgan fingerprint density at radius 1 is 1.35 bits per heavy atom. The lowest BCUT2D eigenvalue weighted by Crippen LogP contribution is -2.28. The van der Waals surface area contributed by atoms with E-state index in [1.807, 2.05) is 24.3 Å². The number of nitrogen functional groups attached to an aromatic ring is 1. The summed E-state index contributed by atoms with van der Waals surface area (Å²) >= 11 is 0. The summed E-state index contributed by atoms with van der Waals surface area (Å²) in [6, 6.07) is 7.66. The molecule has 0 aromatic heterocycles. The van der Waals surface area contributed by atoms with E-state index >= 15 is 0 Å². The SMILES string of the molecule is CC1(C)CCN(CCOc2ccccc2N)C1. The van der Waals surface area contributed by atoms with Gasteiger partial charge >= 0.3 is 0 Å². The second-order valence-electron chi connectivity index (χ2n) is 5.58. The number of ether oxygens (including phenoxy) is 1. The van der Waals surface area contributed by atoms with Crippen LogP contribution >= 0.6 is 0 Å². The van der Waals surface area contributed by atoms with Gasteiger partial charge in [-0.25, -0.2) is 0 Å². The molecule has 94 valence electrons. The first-order valence-corrected chi connectivity index (χ1v) is 6.26. The molecule has 0 amide bonds. The molecule has 0 atom stereocenters. The van der Waals surface area contributed by atoms with E-state index in [9.17, 15) is 0 Å². The fourth-order valence-corrected chi connectivity index (χ4v) is 2.31. The van der Waals surface area contributed by atoms with E-state index in [4.69, 9.17) is 10.5 Å². The quantitative estimate of drug-likeness (QED) is 0.813. The van der Waals surface area contributed by atoms with E-state index in [1.54, 1.807) is 0 Å². The van der Waals surface area contributed by atoms with Crippen LogP contribution in [0.5, 0.6) is 5.75 Å². The highest BCUT2D eigenvalue weighted by Gasteiger charge is 2.28. The summed E-state index contributed by atoms with van der Waals surface area (Å²) in [4.78, 5) is 2.46. The number of likely N-dealkylation sites (tertiary alicyclic amines) is 1. The number of anilines is 1. The highest BCUT2D eigenvalue weighted by molar-refractivity contribution is 5.51. The maximum atomic E-state index is 5.82. The molecule has 0 saturated carbocycles. The maximum absolute atomic E-state index is 5.82. The van der Waals surface area contributed by atoms with E-state index in [0.717, 1.165) is 12.3 Å². The zero-order valence-electron chi connectivity index (χ0n) is 10.8. The van der Waals surface area contributed by atoms with Gasteiger partial charge in [0.1, 0.15) is 12.4 Å². The molecule has 0 spiro atoms. The first kappa shape index (κ1) is 12.2. The fraction of sp³-hybridized carbons (Fsp3) is 0.571. The molecule has 0 radical (unpaired) electrons. The summed E-state index contributed by atoms with van der Waals surface area (Å²) in [5.41, 5.74) is 7.00. The monoisotopic (exact) mass is 234 g/mol. The highest BCUT2D eigenvalue weighted by Crippen LogP contribution is 2.28. The van der Waals surface area contributed by atoms with Crippen LogP contribution < -0.4 is 10.5 Å². The number of hydrogen-bond donors (Lipinski definition) is 1. The van der Waals surface area contributed by atoms with Crippen LogP contribution in [0, 0.1) is 5.41 Å². The smallest absolute Gasteiger partial charge is 0.142 e. The minimum Gasteiger partial charge on any atom is -0.490 e. The second-order valence-corrected chi connectivity index (χ2v) is 5.58. The van der Waals surface area contributed by atoms with Gasteiger partial charge in [-0.15, -0.1) is 0 Å². The van der Waals surface area contributed by atoms with E-state index in [1.165, 1.54) is 19.5 Å². The summed E-state index contributed by atoms with van der Waals surface area (Å²) in [7, 11) is 0. The van der Waals surface area contributed by atoms with Crippen molar-refractivity contribution in [2.45, 2.75) is 20.3 Å². The summed E-state index contributed by atoms with van der Waals surface area (Å²) < 4.78 is 5.70. The van der Waals surface area contributed by atoms with E-state index in [0.29, 0.717) is 17.7 Å². The van der Waals surface area contributed by atoms with Crippen molar-refractivity contribution in [2.75, 3.05) is 32.0 Å². The molecule has 1 saturated heterocycles. The highest BCUT2D eigenvalue weighted by atomic mass is 16.5. The third-order valence-electron chi connectivity index (χ3n) is 3.34. The first-order valence-electron chi connectivity index (χ1n) is 6.26. The summed E-state index contributed by atoms with van der Waals surface area (Å²) in [5, 5.41) is 0. The van der Waals surface area contributed by atoms with Crippen molar-refractivity contribution in [3.63, 3.8) is 0 Å². The third kappa shape index (κ3) is 3.37. The van der Waals surface area contributed by atoms with Crippen molar-refractivity contribution in [2.24, 2.45) is 5.41 Å². The van der Waals surface area contributed by atoms with Crippen LogP contribution in [0.15, 0.2) is 24.3 Å². The maximum Gasteiger partial charge on any atom is 0.142 e. The number of hydrogen-bond acceptors (Lipinski definition) is 3. The molecular weight excluding hydrogens is 212 g/mol. The lowest BCUT2D eigenvalue weighted by atomic mass is 9.93. The molecule has 0 unspecified atom stereocenters. The summed E-state index contributed by atoms with van der Waals surface area (Å²) in [5.74, 6) is 0.797. The number of nitrogens with two attached hydrogens (primary N) is 1. The van der Waals surface area contributed by atoms with Crippen molar-refractivity contribution in [1.29, 1.82) is 0 Å². The van der Waals surface area contributed by atoms with Crippen molar-refractivity contribution < 1.29 is 4.74 Å². The molecule has 1 aliphatic rings. The largest absolute Gasteiger partial charge is 0.490 e. The molecule has 1 fully saturated rings. The van der Waals surface area contributed by atoms with Gasteiger partial charge in [-0.1, -0.05) is 26.0 Å². The number of nitrogens with zero attached hydrogens (tertiary/aromatic N) is 1. The van der Waals surface area contributed by atoms with Gasteiger partial charge in [-0.05, 0) is 30.5 Å². The Morgan fingerprint density at radius 2 is 2.12 bits per heavy atom. The standard InChI is InChI=1S/C14H22N2O/c1-14(2)7-8-16(11-14)9-10-17-13-6-4-3-5-12(13)15/h3-6H,7-11,15H2,1-2H3. The fourth-order valence-electron chi connectivity index (χ4n) is 2.31. The minimum atomic E-state index is 0.464. The van der Waals surface area contributed by atoms with Gasteiger partial charge in [0, 0.05) is 13.1 Å². The second kappa shape index (κ2) is 4.96. The van der Waals surface area contributed by atoms with Gasteiger partial charge in [-0.2, -0.15) is 0 Å². The minimum absolute atomic E-state index is 0.464. The van der Waals surface area contributed by atoms with Crippen LogP contribution in [-0.4, -0.2) is 31.1 Å². The van der Waals surface area contributed by atoms with Gasteiger partial charge in [0.15, 0.2) is 0 Å². The summed E-state index contributed by atoms with van der Waals surface area (Å²) in [6.45, 7) is 8.69. The van der Waals surface area contributed by atoms with Gasteiger partial charge in [-0.3, -0.25) is 4.90 Å². The van der Waals surface area contributed by atoms with Crippen LogP contribution in [0.3, 0.4) is 0 Å². The van der Waals surface area contributed by atoms with Gasteiger partial charge in [0.2, 0.25) is 0 Å². The molecule has 2 rings (SSSR count). The van der Waals surface area contributed by atoms with Crippen molar-refractivity contribution in [3.05, 3.63) is 24.3 Å². The Kier molecular flexibility index (Phi) is 3.57. The van der Waals surface area contributed by atoms with Gasteiger partial charge < -0.3 is 10.5 Å². The third-order valence-corrected chi connectivity index (χ3v) is 3.34. The molecule has 1 heterocycles. The van der Waals surface area contributed by atoms with Crippen LogP contribution in [-0.2, 0) is 0 Å². The molecule has 17 heavy (non-hydrogen) atoms. The van der Waals surface area contributed by atoms with E-state index < -0.39 is 0 Å². The van der Waals surface area contributed by atoms with Gasteiger partial charge in [0.05, 0.1) is 5.69 Å². The lowest BCUT2D eigenvalue weighted by Gasteiger charge is -2.19. The molecule has 3 nitrogen and oxygen atoms in total. The zero-order valence-corrected chi connectivity index (χ0v) is 10.8. The predicted octanol–water partition coefficient (Wildman–Crippen LogP) is 2.38. The normalized spacial score (nSPS) is 19.4. The average molecular weight is 234 g/mol. The number of para-hydroxylation sites is 2. The van der Waals surface area contributed by atoms with Crippen LogP contribution in [0.25, 0.3) is 0 Å². The predicted molar refractivity (Wildman–Crippen MR) is 71.2 cm³/mol.